The Morgan fingerprint density at radius 2 is 1.92 bits per heavy atom. The predicted molar refractivity (Wildman–Crippen MR) is 95.5 cm³/mol. The smallest absolute Gasteiger partial charge is 0.278 e. The number of carbonyl (C=O) groups excluding carboxylic acids is 1. The van der Waals surface area contributed by atoms with Crippen molar-refractivity contribution in [3.63, 3.8) is 0 Å². The molecule has 0 bridgehead atoms. The van der Waals surface area contributed by atoms with Gasteiger partial charge in [-0.05, 0) is 31.0 Å². The van der Waals surface area contributed by atoms with Crippen LogP contribution >= 0.6 is 0 Å². The van der Waals surface area contributed by atoms with Gasteiger partial charge >= 0.3 is 0 Å². The van der Waals surface area contributed by atoms with E-state index < -0.39 is 0 Å². The Labute approximate surface area is 144 Å². The van der Waals surface area contributed by atoms with Crippen LogP contribution < -0.4 is 5.32 Å². The minimum Gasteiger partial charge on any atom is -0.464 e. The topological polar surface area (TPSA) is 50.1 Å². The molecular weight excluding hydrogens is 300 g/mol. The van der Waals surface area contributed by atoms with Gasteiger partial charge in [0.2, 0.25) is 0 Å². The van der Waals surface area contributed by atoms with Gasteiger partial charge in [0, 0.05) is 12.5 Å². The number of furan rings is 1. The molecule has 1 aromatic carbocycles. The van der Waals surface area contributed by atoms with Gasteiger partial charge in [-0.3, -0.25) is 4.79 Å². The molecule has 0 saturated heterocycles. The first-order valence-electron chi connectivity index (χ1n) is 8.73. The number of hydrogen-bond acceptors (Lipinski definition) is 2. The summed E-state index contributed by atoms with van der Waals surface area (Å²) in [5, 5.41) is 2.09. The van der Waals surface area contributed by atoms with Crippen molar-refractivity contribution in [1.29, 1.82) is 0 Å². The van der Waals surface area contributed by atoms with E-state index in [1.54, 1.807) is 0 Å². The molecule has 0 saturated carbocycles. The predicted octanol–water partition coefficient (Wildman–Crippen LogP) is 2.38. The number of benzene rings is 1. The van der Waals surface area contributed by atoms with Gasteiger partial charge in [0.25, 0.3) is 5.91 Å². The van der Waals surface area contributed by atoms with Crippen molar-refractivity contribution in [3.8, 4) is 0 Å². The van der Waals surface area contributed by atoms with Crippen LogP contribution in [0, 0.1) is 12.8 Å². The first-order chi connectivity index (χ1) is 11.5. The number of nitrogens with zero attached hydrogens (tertiary/aromatic N) is 1. The summed E-state index contributed by atoms with van der Waals surface area (Å²) in [6, 6.07) is 14.2. The maximum atomic E-state index is 12.6. The molecule has 0 aliphatic carbocycles. The first kappa shape index (κ1) is 18.3. The molecule has 4 heteroatoms. The molecule has 4 nitrogen and oxygen atoms in total. The molecule has 2 aromatic rings. The highest BCUT2D eigenvalue weighted by molar-refractivity contribution is 5.76. The minimum atomic E-state index is 0.167. The van der Waals surface area contributed by atoms with E-state index in [4.69, 9.17) is 4.42 Å². The highest BCUT2D eigenvalue weighted by Crippen LogP contribution is 2.11. The van der Waals surface area contributed by atoms with E-state index in [0.29, 0.717) is 25.6 Å². The van der Waals surface area contributed by atoms with Crippen LogP contribution in [0.2, 0.25) is 0 Å². The third-order valence-electron chi connectivity index (χ3n) is 3.97. The lowest BCUT2D eigenvalue weighted by Crippen LogP contribution is -2.87. The van der Waals surface area contributed by atoms with E-state index in [9.17, 15) is 4.79 Å². The Morgan fingerprint density at radius 1 is 1.17 bits per heavy atom. The van der Waals surface area contributed by atoms with Gasteiger partial charge in [0.1, 0.15) is 11.5 Å². The van der Waals surface area contributed by atoms with Crippen molar-refractivity contribution in [2.75, 3.05) is 19.6 Å². The number of aryl methyl sites for hydroxylation is 1. The largest absolute Gasteiger partial charge is 0.464 e. The van der Waals surface area contributed by atoms with E-state index in [1.807, 2.05) is 42.2 Å². The maximum absolute atomic E-state index is 12.6. The summed E-state index contributed by atoms with van der Waals surface area (Å²) in [5.41, 5.74) is 1.25. The van der Waals surface area contributed by atoms with Crippen LogP contribution in [0.4, 0.5) is 0 Å². The van der Waals surface area contributed by atoms with E-state index >= 15 is 0 Å². The summed E-state index contributed by atoms with van der Waals surface area (Å²) in [6.07, 6.45) is 0.858. The van der Waals surface area contributed by atoms with Crippen LogP contribution in [0.1, 0.15) is 30.9 Å². The summed E-state index contributed by atoms with van der Waals surface area (Å²) in [6.45, 7) is 8.97. The van der Waals surface area contributed by atoms with Crippen molar-refractivity contribution >= 4 is 5.91 Å². The summed E-state index contributed by atoms with van der Waals surface area (Å²) in [4.78, 5) is 14.5. The standard InChI is InChI=1S/C20H28N2O2/c1-16(2)13-21-14-20(23)22(15-19-10-9-17(3)24-19)12-11-18-7-5-4-6-8-18/h4-10,16,21H,11-15H2,1-3H3/p+1. The normalized spacial score (nSPS) is 11.0. The van der Waals surface area contributed by atoms with Gasteiger partial charge in [-0.1, -0.05) is 44.2 Å². The first-order valence-corrected chi connectivity index (χ1v) is 8.73. The van der Waals surface area contributed by atoms with Crippen LogP contribution in [-0.4, -0.2) is 30.4 Å². The third kappa shape index (κ3) is 6.20. The molecule has 2 rings (SSSR count). The zero-order valence-corrected chi connectivity index (χ0v) is 15.0. The second kappa shape index (κ2) is 9.28. The van der Waals surface area contributed by atoms with E-state index in [-0.39, 0.29) is 5.91 Å². The van der Waals surface area contributed by atoms with Crippen LogP contribution in [0.3, 0.4) is 0 Å². The van der Waals surface area contributed by atoms with Crippen molar-refractivity contribution < 1.29 is 14.5 Å². The van der Waals surface area contributed by atoms with Gasteiger partial charge in [-0.2, -0.15) is 0 Å². The number of rotatable bonds is 9. The molecule has 0 atom stereocenters. The van der Waals surface area contributed by atoms with E-state index in [1.165, 1.54) is 5.56 Å². The monoisotopic (exact) mass is 329 g/mol. The number of carbonyl (C=O) groups is 1. The fraction of sp³-hybridized carbons (Fsp3) is 0.450. The molecule has 0 aliphatic heterocycles. The van der Waals surface area contributed by atoms with Gasteiger partial charge in [0.15, 0.2) is 6.54 Å². The average molecular weight is 329 g/mol. The summed E-state index contributed by atoms with van der Waals surface area (Å²) >= 11 is 0. The third-order valence-corrected chi connectivity index (χ3v) is 3.97. The van der Waals surface area contributed by atoms with Gasteiger partial charge in [0.05, 0.1) is 13.1 Å². The molecule has 1 aromatic heterocycles. The molecular formula is C20H29N2O2+. The second-order valence-electron chi connectivity index (χ2n) is 6.69. The summed E-state index contributed by atoms with van der Waals surface area (Å²) < 4.78 is 5.65. The summed E-state index contributed by atoms with van der Waals surface area (Å²) in [7, 11) is 0. The van der Waals surface area contributed by atoms with Crippen molar-refractivity contribution in [3.05, 3.63) is 59.5 Å². The Morgan fingerprint density at radius 3 is 2.54 bits per heavy atom. The molecule has 1 amide bonds. The molecule has 130 valence electrons. The van der Waals surface area contributed by atoms with E-state index in [0.717, 1.165) is 24.5 Å². The highest BCUT2D eigenvalue weighted by Gasteiger charge is 2.17. The summed E-state index contributed by atoms with van der Waals surface area (Å²) in [5.74, 6) is 2.48. The lowest BCUT2D eigenvalue weighted by atomic mass is 10.1. The Hall–Kier alpha value is -2.07. The van der Waals surface area contributed by atoms with Gasteiger partial charge < -0.3 is 14.6 Å². The Kier molecular flexibility index (Phi) is 7.07. The number of hydrogen-bond donors (Lipinski definition) is 1. The lowest BCUT2D eigenvalue weighted by molar-refractivity contribution is -0.649. The van der Waals surface area contributed by atoms with Crippen molar-refractivity contribution in [2.24, 2.45) is 5.92 Å². The highest BCUT2D eigenvalue weighted by atomic mass is 16.3. The lowest BCUT2D eigenvalue weighted by Gasteiger charge is -2.21. The molecule has 0 spiro atoms. The fourth-order valence-corrected chi connectivity index (χ4v) is 2.63. The van der Waals surface area contributed by atoms with Gasteiger partial charge in [-0.15, -0.1) is 0 Å². The molecule has 0 radical (unpaired) electrons. The molecule has 0 aliphatic rings. The minimum absolute atomic E-state index is 0.167. The fourth-order valence-electron chi connectivity index (χ4n) is 2.63. The van der Waals surface area contributed by atoms with Crippen LogP contribution in [0.25, 0.3) is 0 Å². The van der Waals surface area contributed by atoms with E-state index in [2.05, 4.69) is 31.3 Å². The number of quaternary nitrogens is 1. The zero-order chi connectivity index (χ0) is 17.4. The maximum Gasteiger partial charge on any atom is 0.278 e. The van der Waals surface area contributed by atoms with Gasteiger partial charge in [-0.25, -0.2) is 0 Å². The van der Waals surface area contributed by atoms with Crippen LogP contribution in [-0.2, 0) is 17.8 Å². The quantitative estimate of drug-likeness (QED) is 0.768. The van der Waals surface area contributed by atoms with Crippen LogP contribution in [0.5, 0.6) is 0 Å². The molecule has 0 unspecified atom stereocenters. The number of amides is 1. The molecule has 0 fully saturated rings. The number of nitrogens with two attached hydrogens (primary N) is 1. The van der Waals surface area contributed by atoms with Crippen molar-refractivity contribution in [2.45, 2.75) is 33.7 Å². The Bertz CT molecular complexity index is 620. The SMILES string of the molecule is Cc1ccc(CN(CCc2ccccc2)C(=O)C[NH2+]CC(C)C)o1. The molecule has 2 N–H and O–H groups in total. The second-order valence-corrected chi connectivity index (χ2v) is 6.69. The molecule has 1 heterocycles. The Balaban J connectivity index is 1.95. The van der Waals surface area contributed by atoms with Crippen LogP contribution in [0.15, 0.2) is 46.9 Å². The van der Waals surface area contributed by atoms with Crippen molar-refractivity contribution in [1.82, 2.24) is 4.90 Å². The zero-order valence-electron chi connectivity index (χ0n) is 15.0. The average Bonchev–Trinajstić information content (AvgIpc) is 2.97. The molecule has 24 heavy (non-hydrogen) atoms.